The Kier molecular flexibility index (Phi) is 2.99. The summed E-state index contributed by atoms with van der Waals surface area (Å²) in [7, 11) is 2.16. The van der Waals surface area contributed by atoms with Crippen molar-refractivity contribution in [2.75, 3.05) is 20.2 Å². The Bertz CT molecular complexity index is 276. The van der Waals surface area contributed by atoms with Crippen molar-refractivity contribution in [2.45, 2.75) is 18.9 Å². The number of likely N-dealkylation sites (tertiary alicyclic amines) is 1. The molecule has 0 N–H and O–H groups in total. The Morgan fingerprint density at radius 3 is 3.21 bits per heavy atom. The minimum atomic E-state index is 0.579. The van der Waals surface area contributed by atoms with Crippen LogP contribution in [-0.2, 0) is 0 Å². The van der Waals surface area contributed by atoms with Gasteiger partial charge in [0.2, 0.25) is 0 Å². The van der Waals surface area contributed by atoms with E-state index >= 15 is 0 Å². The highest BCUT2D eigenvalue weighted by atomic mass is 16.5. The fourth-order valence-corrected chi connectivity index (χ4v) is 1.81. The van der Waals surface area contributed by atoms with E-state index in [2.05, 4.69) is 16.9 Å². The third kappa shape index (κ3) is 2.23. The van der Waals surface area contributed by atoms with Crippen molar-refractivity contribution in [3.63, 3.8) is 0 Å². The van der Waals surface area contributed by atoms with E-state index in [1.54, 1.807) is 12.4 Å². The molecular weight excluding hydrogens is 175 g/mol. The van der Waals surface area contributed by atoms with Crippen LogP contribution in [0, 0.1) is 0 Å². The molecule has 76 valence electrons. The van der Waals surface area contributed by atoms with E-state index in [1.807, 2.05) is 12.1 Å². The molecule has 3 nitrogen and oxygen atoms in total. The zero-order valence-corrected chi connectivity index (χ0v) is 8.52. The summed E-state index contributed by atoms with van der Waals surface area (Å²) in [4.78, 5) is 6.37. The van der Waals surface area contributed by atoms with Gasteiger partial charge in [-0.3, -0.25) is 4.98 Å². The van der Waals surface area contributed by atoms with Crippen molar-refractivity contribution < 1.29 is 4.74 Å². The Morgan fingerprint density at radius 1 is 1.64 bits per heavy atom. The predicted octanol–water partition coefficient (Wildman–Crippen LogP) is 1.55. The average molecular weight is 191 g/mol. The zero-order valence-electron chi connectivity index (χ0n) is 8.52. The van der Waals surface area contributed by atoms with Gasteiger partial charge in [0, 0.05) is 12.2 Å². The second kappa shape index (κ2) is 4.42. The first kappa shape index (κ1) is 9.46. The van der Waals surface area contributed by atoms with Crippen LogP contribution in [0.4, 0.5) is 0 Å². The van der Waals surface area contributed by atoms with E-state index in [9.17, 15) is 0 Å². The smallest absolute Gasteiger partial charge is 0.137 e. The van der Waals surface area contributed by atoms with E-state index in [-0.39, 0.29) is 0 Å². The van der Waals surface area contributed by atoms with Gasteiger partial charge in [0.25, 0.3) is 0 Å². The lowest BCUT2D eigenvalue weighted by Gasteiger charge is -2.19. The molecular formula is C11H16N2O. The normalized spacial score (nSPS) is 22.5. The SMILES string of the molecule is [11CH3]N1CCCC1COc1cccnc1. The summed E-state index contributed by atoms with van der Waals surface area (Å²) in [6.45, 7) is 1.98. The van der Waals surface area contributed by atoms with E-state index in [0.29, 0.717) is 6.04 Å². The molecule has 0 bridgehead atoms. The first-order chi connectivity index (χ1) is 6.86. The maximum atomic E-state index is 5.66. The second-order valence-corrected chi connectivity index (χ2v) is 3.78. The van der Waals surface area contributed by atoms with Crippen LogP contribution in [-0.4, -0.2) is 36.1 Å². The molecule has 1 aromatic heterocycles. The monoisotopic (exact) mass is 191 g/mol. The van der Waals surface area contributed by atoms with Gasteiger partial charge < -0.3 is 9.64 Å². The Morgan fingerprint density at radius 2 is 2.57 bits per heavy atom. The van der Waals surface area contributed by atoms with Crippen LogP contribution in [0.25, 0.3) is 0 Å². The summed E-state index contributed by atoms with van der Waals surface area (Å²) in [5, 5.41) is 0. The molecule has 0 saturated carbocycles. The topological polar surface area (TPSA) is 25.4 Å². The van der Waals surface area contributed by atoms with E-state index in [4.69, 9.17) is 4.74 Å². The van der Waals surface area contributed by atoms with Gasteiger partial charge in [0.15, 0.2) is 0 Å². The predicted molar refractivity (Wildman–Crippen MR) is 55.4 cm³/mol. The van der Waals surface area contributed by atoms with Crippen LogP contribution in [0.1, 0.15) is 12.8 Å². The molecule has 0 aliphatic carbocycles. The fourth-order valence-electron chi connectivity index (χ4n) is 1.81. The van der Waals surface area contributed by atoms with E-state index < -0.39 is 0 Å². The maximum Gasteiger partial charge on any atom is 0.137 e. The molecule has 3 heteroatoms. The van der Waals surface area contributed by atoms with Crippen molar-refractivity contribution in [2.24, 2.45) is 0 Å². The lowest BCUT2D eigenvalue weighted by atomic mass is 10.2. The van der Waals surface area contributed by atoms with Crippen molar-refractivity contribution in [3.05, 3.63) is 24.5 Å². The third-order valence-corrected chi connectivity index (χ3v) is 2.75. The van der Waals surface area contributed by atoms with Gasteiger partial charge in [-0.1, -0.05) is 0 Å². The molecule has 0 aromatic carbocycles. The number of rotatable bonds is 3. The third-order valence-electron chi connectivity index (χ3n) is 2.75. The van der Waals surface area contributed by atoms with Crippen molar-refractivity contribution in [1.29, 1.82) is 0 Å². The highest BCUT2D eigenvalue weighted by Gasteiger charge is 2.20. The summed E-state index contributed by atoms with van der Waals surface area (Å²) >= 11 is 0. The van der Waals surface area contributed by atoms with Gasteiger partial charge in [-0.25, -0.2) is 0 Å². The number of pyridine rings is 1. The number of aromatic nitrogens is 1. The van der Waals surface area contributed by atoms with Gasteiger partial charge in [0.05, 0.1) is 6.20 Å². The molecule has 2 rings (SSSR count). The lowest BCUT2D eigenvalue weighted by Crippen LogP contribution is -2.30. The highest BCUT2D eigenvalue weighted by molar-refractivity contribution is 5.15. The Hall–Kier alpha value is -1.09. The first-order valence-corrected chi connectivity index (χ1v) is 5.09. The average Bonchev–Trinajstić information content (AvgIpc) is 2.63. The molecule has 0 radical (unpaired) electrons. The maximum absolute atomic E-state index is 5.66. The minimum absolute atomic E-state index is 0.579. The molecule has 1 aliphatic heterocycles. The van der Waals surface area contributed by atoms with Crippen LogP contribution in [0.2, 0.25) is 0 Å². The molecule has 0 amide bonds. The van der Waals surface area contributed by atoms with Gasteiger partial charge in [-0.15, -0.1) is 0 Å². The first-order valence-electron chi connectivity index (χ1n) is 5.09. The molecule has 1 atom stereocenters. The highest BCUT2D eigenvalue weighted by Crippen LogP contribution is 2.16. The molecule has 1 saturated heterocycles. The van der Waals surface area contributed by atoms with Gasteiger partial charge in [-0.05, 0) is 38.6 Å². The fraction of sp³-hybridized carbons (Fsp3) is 0.545. The molecule has 1 aliphatic rings. The van der Waals surface area contributed by atoms with Crippen molar-refractivity contribution in [3.8, 4) is 5.75 Å². The van der Waals surface area contributed by atoms with Gasteiger partial charge >= 0.3 is 0 Å². The van der Waals surface area contributed by atoms with E-state index in [0.717, 1.165) is 12.4 Å². The van der Waals surface area contributed by atoms with Gasteiger partial charge in [-0.2, -0.15) is 0 Å². The Balaban J connectivity index is 1.82. The summed E-state index contributed by atoms with van der Waals surface area (Å²) in [6, 6.07) is 4.42. The molecule has 2 heterocycles. The van der Waals surface area contributed by atoms with Crippen LogP contribution in [0.5, 0.6) is 5.75 Å². The summed E-state index contributed by atoms with van der Waals surface area (Å²) in [5.41, 5.74) is 0. The largest absolute Gasteiger partial charge is 0.490 e. The number of likely N-dealkylation sites (N-methyl/N-ethyl adjacent to an activating group) is 1. The number of hydrogen-bond donors (Lipinski definition) is 0. The molecule has 1 fully saturated rings. The molecule has 0 spiro atoms. The zero-order chi connectivity index (χ0) is 9.80. The number of nitrogens with zero attached hydrogens (tertiary/aromatic N) is 2. The van der Waals surface area contributed by atoms with Crippen LogP contribution in [0.3, 0.4) is 0 Å². The summed E-state index contributed by atoms with van der Waals surface area (Å²) in [6.07, 6.45) is 6.05. The number of ether oxygens (including phenoxy) is 1. The van der Waals surface area contributed by atoms with Crippen molar-refractivity contribution >= 4 is 0 Å². The van der Waals surface area contributed by atoms with Crippen LogP contribution < -0.4 is 4.74 Å². The summed E-state index contributed by atoms with van der Waals surface area (Å²) in [5.74, 6) is 0.868. The van der Waals surface area contributed by atoms with Gasteiger partial charge in [0.1, 0.15) is 12.4 Å². The lowest BCUT2D eigenvalue weighted by molar-refractivity contribution is 0.198. The van der Waals surface area contributed by atoms with Crippen LogP contribution in [0.15, 0.2) is 24.5 Å². The summed E-state index contributed by atoms with van der Waals surface area (Å²) < 4.78 is 5.66. The van der Waals surface area contributed by atoms with Crippen molar-refractivity contribution in [1.82, 2.24) is 9.88 Å². The molecule has 1 unspecified atom stereocenters. The van der Waals surface area contributed by atoms with E-state index in [1.165, 1.54) is 19.4 Å². The molecule has 14 heavy (non-hydrogen) atoms. The Labute approximate surface area is 84.7 Å². The van der Waals surface area contributed by atoms with Crippen LogP contribution >= 0.6 is 0 Å². The second-order valence-electron chi connectivity index (χ2n) is 3.78. The minimum Gasteiger partial charge on any atom is -0.490 e. The standard InChI is InChI=1S/C11H16N2O/c1-13-7-3-4-10(13)9-14-11-5-2-6-12-8-11/h2,5-6,8,10H,3-4,7,9H2,1H3/i1-1. The molecule has 1 aromatic rings. The quantitative estimate of drug-likeness (QED) is 0.725. The number of hydrogen-bond acceptors (Lipinski definition) is 3.